The van der Waals surface area contributed by atoms with Gasteiger partial charge in [-0.25, -0.2) is 0 Å². The zero-order chi connectivity index (χ0) is 9.84. The first kappa shape index (κ1) is 10.1. The van der Waals surface area contributed by atoms with E-state index in [1.165, 1.54) is 0 Å². The van der Waals surface area contributed by atoms with Gasteiger partial charge in [0.15, 0.2) is 0 Å². The number of anilines is 1. The summed E-state index contributed by atoms with van der Waals surface area (Å²) in [7, 11) is 3.97. The fourth-order valence-electron chi connectivity index (χ4n) is 1.40. The van der Waals surface area contributed by atoms with Crippen LogP contribution in [0.2, 0.25) is 0 Å². The van der Waals surface area contributed by atoms with Crippen molar-refractivity contribution in [3.05, 3.63) is 29.8 Å². The van der Waals surface area contributed by atoms with Crippen LogP contribution in [0, 0.1) is 0 Å². The van der Waals surface area contributed by atoms with E-state index in [4.69, 9.17) is 0 Å². The van der Waals surface area contributed by atoms with Crippen LogP contribution in [0.3, 0.4) is 0 Å². The summed E-state index contributed by atoms with van der Waals surface area (Å²) in [5, 5.41) is 9.73. The van der Waals surface area contributed by atoms with Crippen LogP contribution in [0.25, 0.3) is 0 Å². The first-order chi connectivity index (χ1) is 6.16. The smallest absolute Gasteiger partial charge is 0.0807 e. The molecule has 0 radical (unpaired) electrons. The second kappa shape index (κ2) is 4.28. The van der Waals surface area contributed by atoms with Crippen LogP contribution in [0.5, 0.6) is 0 Å². The van der Waals surface area contributed by atoms with Gasteiger partial charge in [-0.05, 0) is 12.5 Å². The summed E-state index contributed by atoms with van der Waals surface area (Å²) >= 11 is 0. The predicted molar refractivity (Wildman–Crippen MR) is 56.0 cm³/mol. The van der Waals surface area contributed by atoms with Crippen LogP contribution in [0.15, 0.2) is 24.3 Å². The van der Waals surface area contributed by atoms with E-state index in [1.807, 2.05) is 50.2 Å². The summed E-state index contributed by atoms with van der Waals surface area (Å²) in [6, 6.07) is 7.94. The Morgan fingerprint density at radius 1 is 1.31 bits per heavy atom. The number of hydrogen-bond donors (Lipinski definition) is 1. The summed E-state index contributed by atoms with van der Waals surface area (Å²) in [5.74, 6) is 0. The van der Waals surface area contributed by atoms with Crippen LogP contribution >= 0.6 is 0 Å². The molecule has 1 aromatic rings. The summed E-state index contributed by atoms with van der Waals surface area (Å²) in [5.41, 5.74) is 2.10. The van der Waals surface area contributed by atoms with Crippen molar-refractivity contribution in [2.45, 2.75) is 19.4 Å². The molecule has 0 bridgehead atoms. The van der Waals surface area contributed by atoms with Crippen molar-refractivity contribution in [2.75, 3.05) is 19.0 Å². The van der Waals surface area contributed by atoms with Gasteiger partial charge in [0.2, 0.25) is 0 Å². The Balaban J connectivity index is 3.04. The molecule has 2 heteroatoms. The minimum absolute atomic E-state index is 0.349. The topological polar surface area (TPSA) is 23.5 Å². The van der Waals surface area contributed by atoms with E-state index in [0.717, 1.165) is 17.7 Å². The summed E-state index contributed by atoms with van der Waals surface area (Å²) < 4.78 is 0. The van der Waals surface area contributed by atoms with Gasteiger partial charge in [-0.1, -0.05) is 25.1 Å². The van der Waals surface area contributed by atoms with Crippen molar-refractivity contribution in [1.82, 2.24) is 0 Å². The highest BCUT2D eigenvalue weighted by Gasteiger charge is 2.10. The van der Waals surface area contributed by atoms with Gasteiger partial charge in [0, 0.05) is 25.3 Å². The van der Waals surface area contributed by atoms with Crippen molar-refractivity contribution < 1.29 is 5.11 Å². The molecule has 0 aliphatic heterocycles. The average molecular weight is 179 g/mol. The lowest BCUT2D eigenvalue weighted by Gasteiger charge is -2.19. The maximum atomic E-state index is 9.73. The van der Waals surface area contributed by atoms with Gasteiger partial charge in [0.25, 0.3) is 0 Å². The average Bonchev–Trinajstić information content (AvgIpc) is 2.16. The van der Waals surface area contributed by atoms with E-state index >= 15 is 0 Å². The predicted octanol–water partition coefficient (Wildman–Crippen LogP) is 2.20. The van der Waals surface area contributed by atoms with Crippen molar-refractivity contribution in [2.24, 2.45) is 0 Å². The Bertz CT molecular complexity index is 271. The van der Waals surface area contributed by atoms with Crippen LogP contribution < -0.4 is 4.90 Å². The Morgan fingerprint density at radius 2 is 1.92 bits per heavy atom. The number of benzene rings is 1. The summed E-state index contributed by atoms with van der Waals surface area (Å²) in [6.45, 7) is 1.98. The van der Waals surface area contributed by atoms with E-state index in [-0.39, 0.29) is 6.10 Å². The van der Waals surface area contributed by atoms with E-state index < -0.39 is 0 Å². The molecule has 1 N–H and O–H groups in total. The Labute approximate surface area is 79.8 Å². The van der Waals surface area contributed by atoms with E-state index in [0.29, 0.717) is 0 Å². The van der Waals surface area contributed by atoms with E-state index in [2.05, 4.69) is 0 Å². The molecule has 0 aliphatic carbocycles. The fraction of sp³-hybridized carbons (Fsp3) is 0.455. The monoisotopic (exact) mass is 179 g/mol. The minimum atomic E-state index is -0.349. The molecule has 13 heavy (non-hydrogen) atoms. The van der Waals surface area contributed by atoms with Crippen LogP contribution in [-0.4, -0.2) is 19.2 Å². The third-order valence-electron chi connectivity index (χ3n) is 2.16. The maximum Gasteiger partial charge on any atom is 0.0807 e. The second-order valence-electron chi connectivity index (χ2n) is 3.38. The van der Waals surface area contributed by atoms with Crippen LogP contribution in [-0.2, 0) is 0 Å². The molecule has 0 aliphatic rings. The lowest BCUT2D eigenvalue weighted by Crippen LogP contribution is -2.12. The zero-order valence-corrected chi connectivity index (χ0v) is 8.49. The molecular weight excluding hydrogens is 162 g/mol. The third-order valence-corrected chi connectivity index (χ3v) is 2.16. The highest BCUT2D eigenvalue weighted by molar-refractivity contribution is 5.53. The van der Waals surface area contributed by atoms with Gasteiger partial charge in [-0.3, -0.25) is 0 Å². The third kappa shape index (κ3) is 2.22. The quantitative estimate of drug-likeness (QED) is 0.769. The second-order valence-corrected chi connectivity index (χ2v) is 3.38. The van der Waals surface area contributed by atoms with Crippen molar-refractivity contribution >= 4 is 5.69 Å². The van der Waals surface area contributed by atoms with Gasteiger partial charge >= 0.3 is 0 Å². The molecule has 0 spiro atoms. The molecule has 1 rings (SSSR count). The minimum Gasteiger partial charge on any atom is -0.388 e. The number of para-hydroxylation sites is 1. The first-order valence-electron chi connectivity index (χ1n) is 4.61. The lowest BCUT2D eigenvalue weighted by atomic mass is 10.0. The first-order valence-corrected chi connectivity index (χ1v) is 4.61. The van der Waals surface area contributed by atoms with Gasteiger partial charge in [0.05, 0.1) is 6.10 Å². The molecular formula is C11H17NO. The molecule has 1 aromatic carbocycles. The molecule has 0 fully saturated rings. The maximum absolute atomic E-state index is 9.73. The van der Waals surface area contributed by atoms with Gasteiger partial charge in [0.1, 0.15) is 0 Å². The Morgan fingerprint density at radius 3 is 2.46 bits per heavy atom. The summed E-state index contributed by atoms with van der Waals surface area (Å²) in [6.07, 6.45) is 0.406. The van der Waals surface area contributed by atoms with Crippen LogP contribution in [0.1, 0.15) is 25.0 Å². The van der Waals surface area contributed by atoms with Gasteiger partial charge < -0.3 is 10.0 Å². The number of aliphatic hydroxyl groups is 1. The number of rotatable bonds is 3. The van der Waals surface area contributed by atoms with Crippen molar-refractivity contribution in [3.63, 3.8) is 0 Å². The molecule has 72 valence electrons. The lowest BCUT2D eigenvalue weighted by molar-refractivity contribution is 0.174. The molecule has 0 saturated carbocycles. The van der Waals surface area contributed by atoms with Crippen molar-refractivity contribution in [3.8, 4) is 0 Å². The fourth-order valence-corrected chi connectivity index (χ4v) is 1.40. The molecule has 0 aromatic heterocycles. The Kier molecular flexibility index (Phi) is 3.32. The van der Waals surface area contributed by atoms with Gasteiger partial charge in [-0.15, -0.1) is 0 Å². The normalized spacial score (nSPS) is 12.6. The number of hydrogen-bond acceptors (Lipinski definition) is 2. The molecule has 0 unspecified atom stereocenters. The highest BCUT2D eigenvalue weighted by Crippen LogP contribution is 2.26. The summed E-state index contributed by atoms with van der Waals surface area (Å²) in [4.78, 5) is 2.02. The highest BCUT2D eigenvalue weighted by atomic mass is 16.3. The van der Waals surface area contributed by atoms with E-state index in [9.17, 15) is 5.11 Å². The standard InChI is InChI=1S/C11H17NO/c1-4-11(13)9-7-5-6-8-10(9)12(2)3/h5-8,11,13H,4H2,1-3H3/t11-/m1/s1. The largest absolute Gasteiger partial charge is 0.388 e. The molecule has 1 atom stereocenters. The number of aliphatic hydroxyl groups excluding tert-OH is 1. The molecule has 0 heterocycles. The van der Waals surface area contributed by atoms with Crippen molar-refractivity contribution in [1.29, 1.82) is 0 Å². The SMILES string of the molecule is CC[C@@H](O)c1ccccc1N(C)C. The Hall–Kier alpha value is -1.02. The number of nitrogens with zero attached hydrogens (tertiary/aromatic N) is 1. The van der Waals surface area contributed by atoms with Crippen LogP contribution in [0.4, 0.5) is 5.69 Å². The molecule has 0 saturated heterocycles. The molecule has 0 amide bonds. The zero-order valence-electron chi connectivity index (χ0n) is 8.49. The van der Waals surface area contributed by atoms with E-state index in [1.54, 1.807) is 0 Å². The molecule has 2 nitrogen and oxygen atoms in total. The van der Waals surface area contributed by atoms with Gasteiger partial charge in [-0.2, -0.15) is 0 Å².